The second-order valence-corrected chi connectivity index (χ2v) is 8.73. The van der Waals surface area contributed by atoms with E-state index in [1.165, 1.54) is 12.3 Å². The highest BCUT2D eigenvalue weighted by Crippen LogP contribution is 2.31. The van der Waals surface area contributed by atoms with Gasteiger partial charge in [-0.25, -0.2) is 14.4 Å². The summed E-state index contributed by atoms with van der Waals surface area (Å²) < 4.78 is 59.1. The number of halogens is 4. The van der Waals surface area contributed by atoms with Gasteiger partial charge in [-0.1, -0.05) is 26.0 Å². The number of benzene rings is 2. The maximum atomic E-state index is 14.5. The van der Waals surface area contributed by atoms with E-state index in [0.717, 1.165) is 29.7 Å². The van der Waals surface area contributed by atoms with Gasteiger partial charge >= 0.3 is 6.18 Å². The highest BCUT2D eigenvalue weighted by Gasteiger charge is 2.30. The van der Waals surface area contributed by atoms with Crippen LogP contribution in [0, 0.1) is 5.82 Å². The average molecular weight is 516 g/mol. The second kappa shape index (κ2) is 11.7. The summed E-state index contributed by atoms with van der Waals surface area (Å²) in [6, 6.07) is 10.7. The number of nitrogens with zero attached hydrogens (tertiary/aromatic N) is 4. The maximum Gasteiger partial charge on any atom is 0.416 e. The lowest BCUT2D eigenvalue weighted by Crippen LogP contribution is -2.46. The molecule has 1 aliphatic rings. The van der Waals surface area contributed by atoms with Crippen LogP contribution in [0.15, 0.2) is 53.7 Å². The lowest BCUT2D eigenvalue weighted by molar-refractivity contribution is -0.137. The SMILES string of the molecule is CCc1cc(Nc2cccc(C(F)(F)F)c2)ccc1C=NCc1ncc(F)c(N2CCOCC2CC)n1. The molecule has 0 amide bonds. The molecule has 2 aromatic carbocycles. The largest absolute Gasteiger partial charge is 0.416 e. The molecular weight excluding hydrogens is 486 g/mol. The Bertz CT molecular complexity index is 1250. The van der Waals surface area contributed by atoms with Crippen molar-refractivity contribution in [1.82, 2.24) is 9.97 Å². The van der Waals surface area contributed by atoms with Crippen molar-refractivity contribution >= 4 is 23.4 Å². The summed E-state index contributed by atoms with van der Waals surface area (Å²) in [4.78, 5) is 14.9. The minimum absolute atomic E-state index is 0.0599. The van der Waals surface area contributed by atoms with Gasteiger partial charge in [0.2, 0.25) is 0 Å². The average Bonchev–Trinajstić information content (AvgIpc) is 2.90. The lowest BCUT2D eigenvalue weighted by atomic mass is 10.0. The van der Waals surface area contributed by atoms with Crippen molar-refractivity contribution in [2.75, 3.05) is 30.0 Å². The Hall–Kier alpha value is -3.53. The van der Waals surface area contributed by atoms with Gasteiger partial charge in [-0.15, -0.1) is 0 Å². The van der Waals surface area contributed by atoms with Crippen LogP contribution in [0.1, 0.15) is 42.8 Å². The second-order valence-electron chi connectivity index (χ2n) is 8.73. The summed E-state index contributed by atoms with van der Waals surface area (Å²) in [5.41, 5.74) is 2.17. The third kappa shape index (κ3) is 6.62. The molecule has 0 aliphatic carbocycles. The number of morpholine rings is 1. The van der Waals surface area contributed by atoms with Crippen LogP contribution in [0.5, 0.6) is 0 Å². The van der Waals surface area contributed by atoms with Crippen LogP contribution in [-0.2, 0) is 23.9 Å². The number of aromatic nitrogens is 2. The van der Waals surface area contributed by atoms with Crippen LogP contribution in [-0.4, -0.2) is 42.0 Å². The maximum absolute atomic E-state index is 14.5. The molecule has 10 heteroatoms. The Morgan fingerprint density at radius 1 is 1.16 bits per heavy atom. The summed E-state index contributed by atoms with van der Waals surface area (Å²) in [6.07, 6.45) is 0.00682. The van der Waals surface area contributed by atoms with E-state index in [4.69, 9.17) is 4.74 Å². The molecule has 0 radical (unpaired) electrons. The van der Waals surface area contributed by atoms with Crippen molar-refractivity contribution in [3.05, 3.63) is 77.0 Å². The number of alkyl halides is 3. The van der Waals surface area contributed by atoms with Crippen molar-refractivity contribution < 1.29 is 22.3 Å². The van der Waals surface area contributed by atoms with E-state index in [2.05, 4.69) is 20.3 Å². The van der Waals surface area contributed by atoms with Crippen molar-refractivity contribution in [2.45, 2.75) is 45.5 Å². The zero-order valence-corrected chi connectivity index (χ0v) is 20.7. The van der Waals surface area contributed by atoms with Gasteiger partial charge in [0.05, 0.1) is 37.6 Å². The molecule has 37 heavy (non-hydrogen) atoms. The Morgan fingerprint density at radius 2 is 1.97 bits per heavy atom. The normalized spacial score (nSPS) is 16.4. The summed E-state index contributed by atoms with van der Waals surface area (Å²) in [5.74, 6) is 0.217. The fraction of sp³-hybridized carbons (Fsp3) is 0.370. The van der Waals surface area contributed by atoms with Crippen LogP contribution in [0.3, 0.4) is 0 Å². The predicted octanol–water partition coefficient (Wildman–Crippen LogP) is 6.17. The fourth-order valence-corrected chi connectivity index (χ4v) is 4.22. The quantitative estimate of drug-likeness (QED) is 0.287. The fourth-order valence-electron chi connectivity index (χ4n) is 4.22. The third-order valence-corrected chi connectivity index (χ3v) is 6.21. The first-order valence-electron chi connectivity index (χ1n) is 12.2. The first kappa shape index (κ1) is 26.5. The molecule has 1 aromatic heterocycles. The van der Waals surface area contributed by atoms with Crippen molar-refractivity contribution in [3.8, 4) is 0 Å². The summed E-state index contributed by atoms with van der Waals surface area (Å²) >= 11 is 0. The lowest BCUT2D eigenvalue weighted by Gasteiger charge is -2.36. The Morgan fingerprint density at radius 3 is 2.73 bits per heavy atom. The smallest absolute Gasteiger partial charge is 0.377 e. The number of ether oxygens (including phenoxy) is 1. The van der Waals surface area contributed by atoms with Gasteiger partial charge in [-0.3, -0.25) is 4.99 Å². The van der Waals surface area contributed by atoms with Gasteiger partial charge < -0.3 is 15.0 Å². The number of hydrogen-bond acceptors (Lipinski definition) is 6. The summed E-state index contributed by atoms with van der Waals surface area (Å²) in [6.45, 7) is 5.82. The van der Waals surface area contributed by atoms with Gasteiger partial charge in [0.25, 0.3) is 0 Å². The van der Waals surface area contributed by atoms with Gasteiger partial charge in [-0.2, -0.15) is 13.2 Å². The van der Waals surface area contributed by atoms with E-state index in [1.54, 1.807) is 18.3 Å². The number of hydrogen-bond donors (Lipinski definition) is 1. The van der Waals surface area contributed by atoms with E-state index in [-0.39, 0.29) is 18.4 Å². The molecule has 1 fully saturated rings. The van der Waals surface area contributed by atoms with E-state index in [1.807, 2.05) is 30.9 Å². The first-order valence-corrected chi connectivity index (χ1v) is 12.2. The molecular formula is C27H29F4N5O. The molecule has 0 spiro atoms. The molecule has 2 heterocycles. The first-order chi connectivity index (χ1) is 17.8. The molecule has 0 saturated carbocycles. The number of rotatable bonds is 8. The van der Waals surface area contributed by atoms with E-state index >= 15 is 0 Å². The molecule has 0 bridgehead atoms. The third-order valence-electron chi connectivity index (χ3n) is 6.21. The minimum Gasteiger partial charge on any atom is -0.377 e. The topological polar surface area (TPSA) is 62.6 Å². The minimum atomic E-state index is -4.40. The molecule has 1 aliphatic heterocycles. The number of anilines is 3. The van der Waals surface area contributed by atoms with Crippen LogP contribution in [0.2, 0.25) is 0 Å². The molecule has 1 saturated heterocycles. The van der Waals surface area contributed by atoms with Crippen LogP contribution < -0.4 is 10.2 Å². The molecule has 196 valence electrons. The number of aryl methyl sites for hydroxylation is 1. The van der Waals surface area contributed by atoms with Crippen molar-refractivity contribution in [1.29, 1.82) is 0 Å². The van der Waals surface area contributed by atoms with E-state index in [9.17, 15) is 17.6 Å². The predicted molar refractivity (Wildman–Crippen MR) is 136 cm³/mol. The number of nitrogens with one attached hydrogen (secondary N) is 1. The Balaban J connectivity index is 1.46. The Labute approximate surface area is 213 Å². The molecule has 3 aromatic rings. The van der Waals surface area contributed by atoms with Gasteiger partial charge in [0, 0.05) is 24.1 Å². The van der Waals surface area contributed by atoms with Crippen LogP contribution in [0.25, 0.3) is 0 Å². The van der Waals surface area contributed by atoms with Crippen molar-refractivity contribution in [3.63, 3.8) is 0 Å². The zero-order chi connectivity index (χ0) is 26.4. The van der Waals surface area contributed by atoms with Gasteiger partial charge in [0.15, 0.2) is 17.5 Å². The molecule has 1 N–H and O–H groups in total. The van der Waals surface area contributed by atoms with Crippen LogP contribution in [0.4, 0.5) is 34.8 Å². The standard InChI is InChI=1S/C27H29F4N5O/c1-3-18-12-22(34-21-7-5-6-20(13-21)27(29,30)31)9-8-19(18)14-32-16-25-33-15-24(28)26(35-25)36-10-11-37-17-23(36)4-2/h5-9,12-15,23,34H,3-4,10-11,16-17H2,1-2H3. The molecule has 1 atom stereocenters. The van der Waals surface area contributed by atoms with E-state index < -0.39 is 17.6 Å². The highest BCUT2D eigenvalue weighted by atomic mass is 19.4. The zero-order valence-electron chi connectivity index (χ0n) is 20.7. The van der Waals surface area contributed by atoms with E-state index in [0.29, 0.717) is 43.4 Å². The highest BCUT2D eigenvalue weighted by molar-refractivity contribution is 5.83. The molecule has 6 nitrogen and oxygen atoms in total. The monoisotopic (exact) mass is 515 g/mol. The Kier molecular flexibility index (Phi) is 8.38. The van der Waals surface area contributed by atoms with Gasteiger partial charge in [0.1, 0.15) is 0 Å². The summed E-state index contributed by atoms with van der Waals surface area (Å²) in [7, 11) is 0. The summed E-state index contributed by atoms with van der Waals surface area (Å²) in [5, 5.41) is 3.04. The van der Waals surface area contributed by atoms with Crippen LogP contribution >= 0.6 is 0 Å². The van der Waals surface area contributed by atoms with Gasteiger partial charge in [-0.05, 0) is 54.3 Å². The number of aliphatic imine (C=N–C) groups is 1. The van der Waals surface area contributed by atoms with Crippen molar-refractivity contribution in [2.24, 2.45) is 4.99 Å². The molecule has 1 unspecified atom stereocenters. The molecule has 4 rings (SSSR count).